The molecule has 2 aliphatic heterocycles. The molecule has 2 fully saturated rings. The van der Waals surface area contributed by atoms with Crippen molar-refractivity contribution >= 4 is 24.2 Å². The highest BCUT2D eigenvalue weighted by atomic mass is 35.5. The standard InChI is InChI=1S/C18H25N3O3.ClH/c1-24-16-5-3-14(4-6-16)12-21-13-15(11-17(21)22)18(23)20-9-2-7-19-8-10-20;/h3-6,15,19H,2,7-13H2,1H3;1H. The Labute approximate surface area is 154 Å². The Morgan fingerprint density at radius 2 is 2.00 bits per heavy atom. The number of rotatable bonds is 4. The van der Waals surface area contributed by atoms with E-state index in [2.05, 4.69) is 5.32 Å². The van der Waals surface area contributed by atoms with Crippen LogP contribution in [0.2, 0.25) is 0 Å². The molecule has 0 saturated carbocycles. The Bertz CT molecular complexity index is 586. The van der Waals surface area contributed by atoms with Crippen molar-refractivity contribution in [2.45, 2.75) is 19.4 Å². The first-order chi connectivity index (χ1) is 11.7. The predicted molar refractivity (Wildman–Crippen MR) is 97.8 cm³/mol. The molecule has 0 bridgehead atoms. The Kier molecular flexibility index (Phi) is 7.08. The maximum Gasteiger partial charge on any atom is 0.228 e. The first-order valence-corrected chi connectivity index (χ1v) is 8.57. The second kappa shape index (κ2) is 9.06. The summed E-state index contributed by atoms with van der Waals surface area (Å²) in [6.45, 7) is 4.39. The van der Waals surface area contributed by atoms with Crippen LogP contribution in [0, 0.1) is 5.92 Å². The maximum absolute atomic E-state index is 12.7. The molecule has 25 heavy (non-hydrogen) atoms. The molecule has 1 unspecified atom stereocenters. The van der Waals surface area contributed by atoms with Gasteiger partial charge < -0.3 is 19.9 Å². The number of likely N-dealkylation sites (tertiary alicyclic amines) is 1. The van der Waals surface area contributed by atoms with Crippen molar-refractivity contribution in [2.24, 2.45) is 5.92 Å². The molecule has 2 amide bonds. The van der Waals surface area contributed by atoms with Gasteiger partial charge in [0.2, 0.25) is 11.8 Å². The molecular weight excluding hydrogens is 342 g/mol. The molecule has 1 atom stereocenters. The van der Waals surface area contributed by atoms with Crippen LogP contribution in [-0.2, 0) is 16.1 Å². The van der Waals surface area contributed by atoms with Crippen LogP contribution in [0.15, 0.2) is 24.3 Å². The highest BCUT2D eigenvalue weighted by molar-refractivity contribution is 5.89. The number of carbonyl (C=O) groups is 2. The Hall–Kier alpha value is -1.79. The van der Waals surface area contributed by atoms with Gasteiger partial charge in [-0.2, -0.15) is 0 Å². The van der Waals surface area contributed by atoms with Gasteiger partial charge >= 0.3 is 0 Å². The summed E-state index contributed by atoms with van der Waals surface area (Å²) in [5.74, 6) is 0.796. The summed E-state index contributed by atoms with van der Waals surface area (Å²) in [5.41, 5.74) is 1.05. The quantitative estimate of drug-likeness (QED) is 0.871. The molecule has 2 aliphatic rings. The first kappa shape index (κ1) is 19.5. The third-order valence-electron chi connectivity index (χ3n) is 4.75. The van der Waals surface area contributed by atoms with Gasteiger partial charge in [-0.1, -0.05) is 12.1 Å². The predicted octanol–water partition coefficient (Wildman–Crippen LogP) is 1.29. The molecule has 0 spiro atoms. The molecule has 0 aliphatic carbocycles. The minimum atomic E-state index is -0.200. The van der Waals surface area contributed by atoms with Gasteiger partial charge in [0.05, 0.1) is 13.0 Å². The summed E-state index contributed by atoms with van der Waals surface area (Å²) >= 11 is 0. The van der Waals surface area contributed by atoms with Crippen LogP contribution in [0.1, 0.15) is 18.4 Å². The maximum atomic E-state index is 12.7. The lowest BCUT2D eigenvalue weighted by atomic mass is 10.1. The van der Waals surface area contributed by atoms with E-state index in [0.29, 0.717) is 19.5 Å². The summed E-state index contributed by atoms with van der Waals surface area (Å²) in [5, 5.41) is 3.30. The molecular formula is C18H26ClN3O3. The molecule has 1 aromatic rings. The lowest BCUT2D eigenvalue weighted by molar-refractivity contribution is -0.135. The zero-order chi connectivity index (χ0) is 16.9. The van der Waals surface area contributed by atoms with Crippen molar-refractivity contribution in [3.05, 3.63) is 29.8 Å². The second-order valence-corrected chi connectivity index (χ2v) is 6.45. The Morgan fingerprint density at radius 3 is 2.72 bits per heavy atom. The number of ether oxygens (including phenoxy) is 1. The number of methoxy groups -OCH3 is 1. The van der Waals surface area contributed by atoms with Gasteiger partial charge in [0.15, 0.2) is 0 Å². The molecule has 2 heterocycles. The SMILES string of the molecule is COc1ccc(CN2CC(C(=O)N3CCCNCC3)CC2=O)cc1.Cl. The minimum absolute atomic E-state index is 0. The number of benzene rings is 1. The normalized spacial score (nSPS) is 20.8. The van der Waals surface area contributed by atoms with Crippen LogP contribution >= 0.6 is 12.4 Å². The van der Waals surface area contributed by atoms with Crippen LogP contribution in [0.25, 0.3) is 0 Å². The smallest absolute Gasteiger partial charge is 0.228 e. The Morgan fingerprint density at radius 1 is 1.24 bits per heavy atom. The van der Waals surface area contributed by atoms with Crippen molar-refractivity contribution in [1.82, 2.24) is 15.1 Å². The molecule has 1 N–H and O–H groups in total. The number of nitrogens with zero attached hydrogens (tertiary/aromatic N) is 2. The van der Waals surface area contributed by atoms with E-state index >= 15 is 0 Å². The zero-order valence-electron chi connectivity index (χ0n) is 14.6. The van der Waals surface area contributed by atoms with Crippen LogP contribution in [0.4, 0.5) is 0 Å². The summed E-state index contributed by atoms with van der Waals surface area (Å²) < 4.78 is 5.15. The number of amides is 2. The summed E-state index contributed by atoms with van der Waals surface area (Å²) in [6, 6.07) is 7.70. The topological polar surface area (TPSA) is 61.9 Å². The van der Waals surface area contributed by atoms with Gasteiger partial charge in [-0.05, 0) is 30.7 Å². The van der Waals surface area contributed by atoms with Crippen LogP contribution in [0.5, 0.6) is 5.75 Å². The number of hydrogen-bond acceptors (Lipinski definition) is 4. The molecule has 3 rings (SSSR count). The van der Waals surface area contributed by atoms with E-state index in [0.717, 1.165) is 43.9 Å². The van der Waals surface area contributed by atoms with Gasteiger partial charge in [0.25, 0.3) is 0 Å². The lowest BCUT2D eigenvalue weighted by Crippen LogP contribution is -2.39. The van der Waals surface area contributed by atoms with E-state index in [4.69, 9.17) is 4.74 Å². The fraction of sp³-hybridized carbons (Fsp3) is 0.556. The molecule has 2 saturated heterocycles. The molecule has 1 aromatic carbocycles. The largest absolute Gasteiger partial charge is 0.497 e. The lowest BCUT2D eigenvalue weighted by Gasteiger charge is -2.23. The number of nitrogens with one attached hydrogen (secondary N) is 1. The zero-order valence-corrected chi connectivity index (χ0v) is 15.4. The monoisotopic (exact) mass is 367 g/mol. The van der Waals surface area contributed by atoms with Crippen molar-refractivity contribution in [1.29, 1.82) is 0 Å². The fourth-order valence-electron chi connectivity index (χ4n) is 3.37. The van der Waals surface area contributed by atoms with Crippen LogP contribution in [0.3, 0.4) is 0 Å². The first-order valence-electron chi connectivity index (χ1n) is 8.57. The average molecular weight is 368 g/mol. The minimum Gasteiger partial charge on any atom is -0.497 e. The third-order valence-corrected chi connectivity index (χ3v) is 4.75. The molecule has 6 nitrogen and oxygen atoms in total. The second-order valence-electron chi connectivity index (χ2n) is 6.45. The van der Waals surface area contributed by atoms with Gasteiger partial charge in [-0.15, -0.1) is 12.4 Å². The highest BCUT2D eigenvalue weighted by Gasteiger charge is 2.36. The molecule has 0 radical (unpaired) electrons. The van der Waals surface area contributed by atoms with E-state index in [1.807, 2.05) is 29.2 Å². The van der Waals surface area contributed by atoms with Gasteiger partial charge in [-0.25, -0.2) is 0 Å². The van der Waals surface area contributed by atoms with Crippen molar-refractivity contribution < 1.29 is 14.3 Å². The number of carbonyl (C=O) groups excluding carboxylic acids is 2. The molecule has 7 heteroatoms. The van der Waals surface area contributed by atoms with E-state index in [1.165, 1.54) is 0 Å². The highest BCUT2D eigenvalue weighted by Crippen LogP contribution is 2.23. The van der Waals surface area contributed by atoms with Gasteiger partial charge in [-0.3, -0.25) is 9.59 Å². The van der Waals surface area contributed by atoms with Crippen LogP contribution < -0.4 is 10.1 Å². The van der Waals surface area contributed by atoms with Gasteiger partial charge in [0, 0.05) is 39.1 Å². The van der Waals surface area contributed by atoms with E-state index in [-0.39, 0.29) is 30.1 Å². The van der Waals surface area contributed by atoms with E-state index in [1.54, 1.807) is 12.0 Å². The summed E-state index contributed by atoms with van der Waals surface area (Å²) in [6.07, 6.45) is 1.31. The van der Waals surface area contributed by atoms with Crippen LogP contribution in [-0.4, -0.2) is 61.4 Å². The molecule has 0 aromatic heterocycles. The van der Waals surface area contributed by atoms with E-state index < -0.39 is 0 Å². The van der Waals surface area contributed by atoms with Crippen molar-refractivity contribution in [2.75, 3.05) is 39.8 Å². The Balaban J connectivity index is 0.00000225. The number of hydrogen-bond donors (Lipinski definition) is 1. The van der Waals surface area contributed by atoms with Crippen molar-refractivity contribution in [3.63, 3.8) is 0 Å². The molecule has 138 valence electrons. The van der Waals surface area contributed by atoms with Crippen molar-refractivity contribution in [3.8, 4) is 5.75 Å². The fourth-order valence-corrected chi connectivity index (χ4v) is 3.37. The van der Waals surface area contributed by atoms with Gasteiger partial charge in [0.1, 0.15) is 5.75 Å². The third kappa shape index (κ3) is 4.86. The van der Waals surface area contributed by atoms with E-state index in [9.17, 15) is 9.59 Å². The average Bonchev–Trinajstić information content (AvgIpc) is 2.80. The summed E-state index contributed by atoms with van der Waals surface area (Å²) in [7, 11) is 1.63. The summed E-state index contributed by atoms with van der Waals surface area (Å²) in [4.78, 5) is 28.7. The number of halogens is 1.